The van der Waals surface area contributed by atoms with E-state index >= 15 is 0 Å². The predicted molar refractivity (Wildman–Crippen MR) is 122 cm³/mol. The normalized spacial score (nSPS) is 15.2. The third kappa shape index (κ3) is 4.44. The first-order valence-corrected chi connectivity index (χ1v) is 10.7. The number of allylic oxidation sites excluding steroid dienone is 1. The molecule has 0 amide bonds. The van der Waals surface area contributed by atoms with Gasteiger partial charge in [0.15, 0.2) is 0 Å². The molecule has 0 saturated heterocycles. The van der Waals surface area contributed by atoms with E-state index in [4.69, 9.17) is 4.74 Å². The van der Waals surface area contributed by atoms with E-state index in [0.29, 0.717) is 0 Å². The molecule has 3 aromatic rings. The molecule has 1 atom stereocenters. The minimum Gasteiger partial charge on any atom is -0.481 e. The number of H-pyrrole nitrogens is 1. The third-order valence-corrected chi connectivity index (χ3v) is 5.89. The van der Waals surface area contributed by atoms with Gasteiger partial charge in [-0.1, -0.05) is 12.1 Å². The Morgan fingerprint density at radius 2 is 1.97 bits per heavy atom. The summed E-state index contributed by atoms with van der Waals surface area (Å²) in [5.74, 6) is -2.26. The van der Waals surface area contributed by atoms with E-state index in [0.717, 1.165) is 23.8 Å². The number of esters is 1. The SMILES string of the molecule is COC(=O)C1=C(C)N(c2cccc(C(F)(F)F)c2)c2n[nH]c(=O)n2C1c1ccc(C#N)cc1CC(=O)O. The largest absolute Gasteiger partial charge is 0.481 e. The highest BCUT2D eigenvalue weighted by Gasteiger charge is 2.41. The number of ether oxygens (including phenoxy) is 1. The molecule has 0 bridgehead atoms. The van der Waals surface area contributed by atoms with Crippen molar-refractivity contribution in [1.82, 2.24) is 14.8 Å². The monoisotopic (exact) mass is 513 g/mol. The number of alkyl halides is 3. The van der Waals surface area contributed by atoms with E-state index in [2.05, 4.69) is 10.2 Å². The number of aromatic nitrogens is 3. The van der Waals surface area contributed by atoms with Crippen molar-refractivity contribution in [1.29, 1.82) is 5.26 Å². The molecule has 13 heteroatoms. The third-order valence-electron chi connectivity index (χ3n) is 5.89. The molecular weight excluding hydrogens is 495 g/mol. The zero-order valence-corrected chi connectivity index (χ0v) is 19.3. The van der Waals surface area contributed by atoms with E-state index in [1.807, 2.05) is 6.07 Å². The molecule has 0 aliphatic carbocycles. The lowest BCUT2D eigenvalue weighted by Gasteiger charge is -2.36. The molecule has 2 N–H and O–H groups in total. The molecule has 0 radical (unpaired) electrons. The Balaban J connectivity index is 2.04. The van der Waals surface area contributed by atoms with Gasteiger partial charge >= 0.3 is 23.8 Å². The summed E-state index contributed by atoms with van der Waals surface area (Å²) in [4.78, 5) is 38.8. The Morgan fingerprint density at radius 3 is 2.59 bits per heavy atom. The van der Waals surface area contributed by atoms with Gasteiger partial charge in [-0.2, -0.15) is 18.4 Å². The first kappa shape index (κ1) is 25.2. The maximum atomic E-state index is 13.4. The van der Waals surface area contributed by atoms with Gasteiger partial charge in [0.05, 0.1) is 36.3 Å². The highest BCUT2D eigenvalue weighted by molar-refractivity contribution is 5.93. The molecule has 0 saturated carbocycles. The number of rotatable bonds is 5. The first-order valence-electron chi connectivity index (χ1n) is 10.7. The average molecular weight is 513 g/mol. The summed E-state index contributed by atoms with van der Waals surface area (Å²) in [6, 6.07) is 9.06. The quantitative estimate of drug-likeness (QED) is 0.495. The van der Waals surface area contributed by atoms with E-state index in [1.54, 1.807) is 0 Å². The molecule has 0 spiro atoms. The van der Waals surface area contributed by atoms with Crippen LogP contribution in [0.25, 0.3) is 0 Å². The van der Waals surface area contributed by atoms with E-state index in [9.17, 15) is 37.9 Å². The zero-order chi connectivity index (χ0) is 27.1. The fourth-order valence-corrected chi connectivity index (χ4v) is 4.34. The van der Waals surface area contributed by atoms with Crippen molar-refractivity contribution in [2.45, 2.75) is 25.6 Å². The number of nitrogens with one attached hydrogen (secondary N) is 1. The number of carboxylic acid groups (broad SMARTS) is 1. The standard InChI is InChI=1S/C24H18F3N5O5/c1-12-19(21(35)37-2)20(17-7-6-13(11-28)8-14(17)9-18(33)34)32-22(29-30-23(32)36)31(12)16-5-3-4-15(10-16)24(25,26)27/h3-8,10,20H,9H2,1-2H3,(H,30,36)(H,33,34). The van der Waals surface area contributed by atoms with Gasteiger partial charge in [-0.15, -0.1) is 5.10 Å². The molecule has 10 nitrogen and oxygen atoms in total. The van der Waals surface area contributed by atoms with E-state index in [-0.39, 0.29) is 39.6 Å². The average Bonchev–Trinajstić information content (AvgIpc) is 3.22. The van der Waals surface area contributed by atoms with Gasteiger partial charge in [-0.3, -0.25) is 9.69 Å². The van der Waals surface area contributed by atoms with Crippen molar-refractivity contribution in [3.63, 3.8) is 0 Å². The highest BCUT2D eigenvalue weighted by atomic mass is 19.4. The number of aromatic amines is 1. The van der Waals surface area contributed by atoms with Crippen LogP contribution in [0, 0.1) is 11.3 Å². The van der Waals surface area contributed by atoms with E-state index < -0.39 is 41.8 Å². The van der Waals surface area contributed by atoms with Crippen LogP contribution >= 0.6 is 0 Å². The van der Waals surface area contributed by atoms with Gasteiger partial charge in [0.25, 0.3) is 0 Å². The van der Waals surface area contributed by atoms with Crippen LogP contribution in [0.2, 0.25) is 0 Å². The number of anilines is 2. The minimum atomic E-state index is -4.66. The van der Waals surface area contributed by atoms with Crippen LogP contribution in [-0.4, -0.2) is 38.9 Å². The molecule has 4 rings (SSSR count). The second kappa shape index (κ2) is 9.30. The molecule has 1 aromatic heterocycles. The van der Waals surface area contributed by atoms with Crippen molar-refractivity contribution in [3.05, 3.63) is 86.5 Å². The Hall–Kier alpha value is -4.86. The van der Waals surface area contributed by atoms with Crippen LogP contribution in [-0.2, 0) is 26.9 Å². The maximum Gasteiger partial charge on any atom is 0.416 e. The fraction of sp³-hybridized carbons (Fsp3) is 0.208. The van der Waals surface area contributed by atoms with Gasteiger partial charge in [0.2, 0.25) is 5.95 Å². The first-order chi connectivity index (χ1) is 17.5. The summed E-state index contributed by atoms with van der Waals surface area (Å²) >= 11 is 0. The van der Waals surface area contributed by atoms with Crippen LogP contribution < -0.4 is 10.6 Å². The second-order valence-corrected chi connectivity index (χ2v) is 8.07. The molecule has 190 valence electrons. The van der Waals surface area contributed by atoms with Gasteiger partial charge in [-0.05, 0) is 48.4 Å². The molecule has 1 aliphatic rings. The second-order valence-electron chi connectivity index (χ2n) is 8.07. The Bertz CT molecular complexity index is 1550. The maximum absolute atomic E-state index is 13.4. The molecule has 0 fully saturated rings. The number of methoxy groups -OCH3 is 1. The Kier molecular flexibility index (Phi) is 6.35. The number of nitriles is 1. The fourth-order valence-electron chi connectivity index (χ4n) is 4.34. The molecule has 2 heterocycles. The number of hydrogen-bond acceptors (Lipinski definition) is 7. The van der Waals surface area contributed by atoms with Crippen molar-refractivity contribution < 1.29 is 32.6 Å². The van der Waals surface area contributed by atoms with Gasteiger partial charge < -0.3 is 9.84 Å². The number of benzene rings is 2. The van der Waals surface area contributed by atoms with Crippen LogP contribution in [0.1, 0.15) is 35.2 Å². The number of nitrogens with zero attached hydrogens (tertiary/aromatic N) is 4. The van der Waals surface area contributed by atoms with Gasteiger partial charge in [0, 0.05) is 11.4 Å². The smallest absolute Gasteiger partial charge is 0.416 e. The summed E-state index contributed by atoms with van der Waals surface area (Å²) in [5, 5.41) is 25.0. The van der Waals surface area contributed by atoms with Crippen LogP contribution in [0.3, 0.4) is 0 Å². The number of carbonyl (C=O) groups is 2. The molecule has 1 aliphatic heterocycles. The summed E-state index contributed by atoms with van der Waals surface area (Å²) in [6.45, 7) is 1.45. The summed E-state index contributed by atoms with van der Waals surface area (Å²) in [5.41, 5.74) is -1.32. The predicted octanol–water partition coefficient (Wildman–Crippen LogP) is 3.28. The molecule has 1 unspecified atom stereocenters. The lowest BCUT2D eigenvalue weighted by molar-refractivity contribution is -0.138. The van der Waals surface area contributed by atoms with Gasteiger partial charge in [-0.25, -0.2) is 19.3 Å². The number of hydrogen-bond donors (Lipinski definition) is 2. The molecular formula is C24H18F3N5O5. The lowest BCUT2D eigenvalue weighted by Crippen LogP contribution is -2.38. The van der Waals surface area contributed by atoms with Crippen molar-refractivity contribution >= 4 is 23.6 Å². The van der Waals surface area contributed by atoms with Gasteiger partial charge in [0.1, 0.15) is 6.04 Å². The van der Waals surface area contributed by atoms with Crippen LogP contribution in [0.5, 0.6) is 0 Å². The molecule has 2 aromatic carbocycles. The number of fused-ring (bicyclic) bond motifs is 1. The topological polar surface area (TPSA) is 141 Å². The van der Waals surface area contributed by atoms with Crippen LogP contribution in [0.4, 0.5) is 24.8 Å². The summed E-state index contributed by atoms with van der Waals surface area (Å²) in [7, 11) is 1.10. The van der Waals surface area contributed by atoms with Crippen molar-refractivity contribution in [3.8, 4) is 6.07 Å². The zero-order valence-electron chi connectivity index (χ0n) is 19.3. The lowest BCUT2D eigenvalue weighted by atomic mass is 9.89. The van der Waals surface area contributed by atoms with Crippen molar-refractivity contribution in [2.24, 2.45) is 0 Å². The summed E-state index contributed by atoms with van der Waals surface area (Å²) in [6.07, 6.45) is -5.19. The minimum absolute atomic E-state index is 0.0296. The number of carbonyl (C=O) groups excluding carboxylic acids is 1. The van der Waals surface area contributed by atoms with Crippen LogP contribution in [0.15, 0.2) is 58.5 Å². The molecule has 37 heavy (non-hydrogen) atoms. The summed E-state index contributed by atoms with van der Waals surface area (Å²) < 4.78 is 46.3. The van der Waals surface area contributed by atoms with Crippen molar-refractivity contribution in [2.75, 3.05) is 12.0 Å². The number of carboxylic acids is 1. The Morgan fingerprint density at radius 1 is 1.24 bits per heavy atom. The number of aliphatic carboxylic acids is 1. The highest BCUT2D eigenvalue weighted by Crippen LogP contribution is 2.43. The Labute approximate surface area is 206 Å². The van der Waals surface area contributed by atoms with E-state index in [1.165, 1.54) is 42.2 Å². The number of halogens is 3.